The quantitative estimate of drug-likeness (QED) is 0.861. The van der Waals surface area contributed by atoms with Crippen LogP contribution in [0.15, 0.2) is 21.6 Å². The SMILES string of the molecule is Cc1noc(C)c1CCC(=O)N1CCc2cc(=O)n(C)cc2C1. The Kier molecular flexibility index (Phi) is 4.07. The maximum Gasteiger partial charge on any atom is 0.250 e. The van der Waals surface area contributed by atoms with E-state index in [4.69, 9.17) is 4.52 Å². The van der Waals surface area contributed by atoms with Crippen molar-refractivity contribution in [2.24, 2.45) is 7.05 Å². The van der Waals surface area contributed by atoms with Gasteiger partial charge in [-0.15, -0.1) is 0 Å². The molecule has 0 aromatic carbocycles. The first-order valence-electron chi connectivity index (χ1n) is 7.83. The van der Waals surface area contributed by atoms with Gasteiger partial charge in [0, 0.05) is 44.4 Å². The molecule has 3 heterocycles. The summed E-state index contributed by atoms with van der Waals surface area (Å²) in [5, 5.41) is 3.92. The summed E-state index contributed by atoms with van der Waals surface area (Å²) >= 11 is 0. The van der Waals surface area contributed by atoms with Crippen molar-refractivity contribution in [3.63, 3.8) is 0 Å². The molecule has 6 nitrogen and oxygen atoms in total. The van der Waals surface area contributed by atoms with Crippen LogP contribution in [0.4, 0.5) is 0 Å². The highest BCUT2D eigenvalue weighted by Crippen LogP contribution is 2.19. The number of fused-ring (bicyclic) bond motifs is 1. The Balaban J connectivity index is 1.67. The van der Waals surface area contributed by atoms with Gasteiger partial charge in [0.25, 0.3) is 5.56 Å². The smallest absolute Gasteiger partial charge is 0.250 e. The first kappa shape index (κ1) is 15.5. The molecule has 0 radical (unpaired) electrons. The van der Waals surface area contributed by atoms with Crippen LogP contribution in [0.5, 0.6) is 0 Å². The van der Waals surface area contributed by atoms with Gasteiger partial charge in [-0.2, -0.15) is 0 Å². The number of hydrogen-bond acceptors (Lipinski definition) is 4. The summed E-state index contributed by atoms with van der Waals surface area (Å²) in [5.41, 5.74) is 4.00. The largest absolute Gasteiger partial charge is 0.361 e. The highest BCUT2D eigenvalue weighted by molar-refractivity contribution is 5.76. The summed E-state index contributed by atoms with van der Waals surface area (Å²) in [6.45, 7) is 5.01. The van der Waals surface area contributed by atoms with Crippen LogP contribution >= 0.6 is 0 Å². The molecule has 0 fully saturated rings. The van der Waals surface area contributed by atoms with Gasteiger partial charge in [0.2, 0.25) is 5.91 Å². The van der Waals surface area contributed by atoms with Gasteiger partial charge in [0.15, 0.2) is 0 Å². The zero-order chi connectivity index (χ0) is 16.6. The summed E-state index contributed by atoms with van der Waals surface area (Å²) in [6.07, 6.45) is 3.68. The fourth-order valence-electron chi connectivity index (χ4n) is 3.10. The van der Waals surface area contributed by atoms with Crippen molar-refractivity contribution in [2.75, 3.05) is 6.54 Å². The highest BCUT2D eigenvalue weighted by atomic mass is 16.5. The van der Waals surface area contributed by atoms with Crippen LogP contribution in [0.2, 0.25) is 0 Å². The average Bonchev–Trinajstić information content (AvgIpc) is 2.84. The molecular formula is C17H21N3O3. The monoisotopic (exact) mass is 315 g/mol. The predicted molar refractivity (Wildman–Crippen MR) is 85.1 cm³/mol. The first-order chi connectivity index (χ1) is 11.0. The van der Waals surface area contributed by atoms with Gasteiger partial charge in [-0.25, -0.2) is 0 Å². The maximum atomic E-state index is 12.5. The summed E-state index contributed by atoms with van der Waals surface area (Å²) in [4.78, 5) is 26.0. The molecule has 0 atom stereocenters. The molecule has 0 unspecified atom stereocenters. The van der Waals surface area contributed by atoms with Crippen LogP contribution < -0.4 is 5.56 Å². The van der Waals surface area contributed by atoms with Crippen LogP contribution in [0, 0.1) is 13.8 Å². The normalized spacial score (nSPS) is 14.0. The van der Waals surface area contributed by atoms with E-state index >= 15 is 0 Å². The lowest BCUT2D eigenvalue weighted by atomic mass is 10.0. The fraction of sp³-hybridized carbons (Fsp3) is 0.471. The summed E-state index contributed by atoms with van der Waals surface area (Å²) in [6, 6.07) is 1.68. The zero-order valence-electron chi connectivity index (χ0n) is 13.8. The van der Waals surface area contributed by atoms with Gasteiger partial charge in [0.1, 0.15) is 5.76 Å². The number of carbonyl (C=O) groups excluding carboxylic acids is 1. The number of aromatic nitrogens is 2. The molecule has 0 aliphatic carbocycles. The molecule has 3 rings (SSSR count). The van der Waals surface area contributed by atoms with E-state index in [1.54, 1.807) is 17.7 Å². The Morgan fingerprint density at radius 2 is 2.13 bits per heavy atom. The van der Waals surface area contributed by atoms with Crippen molar-refractivity contribution in [3.8, 4) is 0 Å². The van der Waals surface area contributed by atoms with Gasteiger partial charge in [-0.05, 0) is 37.8 Å². The van der Waals surface area contributed by atoms with Crippen LogP contribution in [0.3, 0.4) is 0 Å². The lowest BCUT2D eigenvalue weighted by molar-refractivity contribution is -0.132. The third-order valence-corrected chi connectivity index (χ3v) is 4.54. The molecule has 23 heavy (non-hydrogen) atoms. The molecule has 122 valence electrons. The van der Waals surface area contributed by atoms with Gasteiger partial charge in [-0.1, -0.05) is 5.16 Å². The van der Waals surface area contributed by atoms with Crippen molar-refractivity contribution < 1.29 is 9.32 Å². The van der Waals surface area contributed by atoms with Crippen molar-refractivity contribution in [1.82, 2.24) is 14.6 Å². The molecule has 0 N–H and O–H groups in total. The minimum Gasteiger partial charge on any atom is -0.361 e. The molecule has 0 saturated carbocycles. The molecule has 0 saturated heterocycles. The minimum atomic E-state index is 0.00179. The van der Waals surface area contributed by atoms with Crippen molar-refractivity contribution in [2.45, 2.75) is 39.7 Å². The summed E-state index contributed by atoms with van der Waals surface area (Å²) < 4.78 is 6.70. The highest BCUT2D eigenvalue weighted by Gasteiger charge is 2.22. The van der Waals surface area contributed by atoms with Crippen LogP contribution in [-0.4, -0.2) is 27.1 Å². The lowest BCUT2D eigenvalue weighted by Gasteiger charge is -2.29. The van der Waals surface area contributed by atoms with E-state index in [0.29, 0.717) is 25.9 Å². The second-order valence-corrected chi connectivity index (χ2v) is 6.14. The van der Waals surface area contributed by atoms with E-state index in [1.165, 1.54) is 0 Å². The molecule has 2 aromatic heterocycles. The van der Waals surface area contributed by atoms with Gasteiger partial charge in [-0.3, -0.25) is 9.59 Å². The van der Waals surface area contributed by atoms with Crippen molar-refractivity contribution >= 4 is 5.91 Å². The van der Waals surface area contributed by atoms with Crippen molar-refractivity contribution in [1.29, 1.82) is 0 Å². The predicted octanol–water partition coefficient (Wildman–Crippen LogP) is 1.51. The van der Waals surface area contributed by atoms with E-state index in [9.17, 15) is 9.59 Å². The maximum absolute atomic E-state index is 12.5. The second-order valence-electron chi connectivity index (χ2n) is 6.14. The fourth-order valence-corrected chi connectivity index (χ4v) is 3.10. The Morgan fingerprint density at radius 3 is 2.83 bits per heavy atom. The number of carbonyl (C=O) groups is 1. The standard InChI is InChI=1S/C17H21N3O3/c1-11-15(12(2)23-18-11)4-5-16(21)20-7-6-13-8-17(22)19(3)9-14(13)10-20/h8-9H,4-7,10H2,1-3H3. The average molecular weight is 315 g/mol. The van der Waals surface area contributed by atoms with Gasteiger partial charge < -0.3 is 14.0 Å². The number of amides is 1. The van der Waals surface area contributed by atoms with Gasteiger partial charge >= 0.3 is 0 Å². The molecule has 0 bridgehead atoms. The number of nitrogens with zero attached hydrogens (tertiary/aromatic N) is 3. The molecule has 6 heteroatoms. The molecule has 1 aliphatic rings. The molecule has 2 aromatic rings. The first-order valence-corrected chi connectivity index (χ1v) is 7.83. The Labute approximate surface area is 134 Å². The number of aryl methyl sites for hydroxylation is 3. The van der Waals surface area contributed by atoms with E-state index in [-0.39, 0.29) is 11.5 Å². The third kappa shape index (κ3) is 3.06. The topological polar surface area (TPSA) is 68.3 Å². The number of pyridine rings is 1. The van der Waals surface area contributed by atoms with E-state index < -0.39 is 0 Å². The summed E-state index contributed by atoms with van der Waals surface area (Å²) in [5.74, 6) is 0.916. The Morgan fingerprint density at radius 1 is 1.35 bits per heavy atom. The molecule has 0 spiro atoms. The molecule has 1 aliphatic heterocycles. The Hall–Kier alpha value is -2.37. The van der Waals surface area contributed by atoms with Crippen LogP contribution in [0.1, 0.15) is 34.6 Å². The van der Waals surface area contributed by atoms with Gasteiger partial charge in [0.05, 0.1) is 5.69 Å². The molecule has 1 amide bonds. The van der Waals surface area contributed by atoms with Crippen molar-refractivity contribution in [3.05, 3.63) is 50.8 Å². The van der Waals surface area contributed by atoms with E-state index in [1.807, 2.05) is 24.9 Å². The Bertz CT molecular complexity index is 784. The minimum absolute atomic E-state index is 0.00179. The molecular weight excluding hydrogens is 294 g/mol. The van der Waals surface area contributed by atoms with E-state index in [2.05, 4.69) is 5.16 Å². The zero-order valence-corrected chi connectivity index (χ0v) is 13.8. The third-order valence-electron chi connectivity index (χ3n) is 4.54. The second kappa shape index (κ2) is 6.02. The van der Waals surface area contributed by atoms with E-state index in [0.717, 1.165) is 34.6 Å². The lowest BCUT2D eigenvalue weighted by Crippen LogP contribution is -2.37. The van der Waals surface area contributed by atoms with Crippen LogP contribution in [0.25, 0.3) is 0 Å². The summed E-state index contributed by atoms with van der Waals surface area (Å²) in [7, 11) is 1.74. The van der Waals surface area contributed by atoms with Crippen LogP contribution in [-0.2, 0) is 31.2 Å². The number of hydrogen-bond donors (Lipinski definition) is 0. The number of rotatable bonds is 3.